The average Bonchev–Trinajstić information content (AvgIpc) is 2.89. The van der Waals surface area contributed by atoms with Gasteiger partial charge >= 0.3 is 0 Å². The molecule has 3 aromatic rings. The Morgan fingerprint density at radius 2 is 1.75 bits per heavy atom. The van der Waals surface area contributed by atoms with Gasteiger partial charge in [-0.05, 0) is 24.3 Å². The van der Waals surface area contributed by atoms with Gasteiger partial charge < -0.3 is 15.0 Å². The van der Waals surface area contributed by atoms with Gasteiger partial charge in [-0.1, -0.05) is 34.1 Å². The third-order valence-corrected chi connectivity index (χ3v) is 5.30. The fraction of sp³-hybridized carbons (Fsp3) is 0.368. The zero-order valence-electron chi connectivity index (χ0n) is 13.6. The molecule has 0 aliphatic carbocycles. The molecule has 24 heavy (non-hydrogen) atoms. The maximum Gasteiger partial charge on any atom is 0.0845 e. The molecule has 2 N–H and O–H groups in total. The SMILES string of the molecule is OC(CN1CCNCC1)Cn1c2ccccc2c2cc(Br)ccc21. The van der Waals surface area contributed by atoms with Crippen LogP contribution in [0, 0.1) is 0 Å². The fourth-order valence-corrected chi connectivity index (χ4v) is 4.04. The van der Waals surface area contributed by atoms with Crippen LogP contribution in [0.2, 0.25) is 0 Å². The van der Waals surface area contributed by atoms with E-state index in [0.717, 1.165) is 37.2 Å². The smallest absolute Gasteiger partial charge is 0.0845 e. The summed E-state index contributed by atoms with van der Waals surface area (Å²) in [5, 5.41) is 16.5. The Labute approximate surface area is 150 Å². The molecule has 0 spiro atoms. The normalized spacial score (nSPS) is 17.6. The molecule has 2 aromatic carbocycles. The molecule has 0 saturated carbocycles. The monoisotopic (exact) mass is 387 g/mol. The van der Waals surface area contributed by atoms with Crippen LogP contribution in [0.15, 0.2) is 46.9 Å². The van der Waals surface area contributed by atoms with Gasteiger partial charge in [0.05, 0.1) is 12.6 Å². The topological polar surface area (TPSA) is 40.4 Å². The molecule has 1 aliphatic heterocycles. The fourth-order valence-electron chi connectivity index (χ4n) is 3.68. The molecule has 1 saturated heterocycles. The summed E-state index contributed by atoms with van der Waals surface area (Å²) in [5.41, 5.74) is 2.36. The first kappa shape index (κ1) is 16.1. The van der Waals surface area contributed by atoms with Gasteiger partial charge in [-0.3, -0.25) is 4.90 Å². The van der Waals surface area contributed by atoms with Crippen LogP contribution in [0.25, 0.3) is 21.8 Å². The Kier molecular flexibility index (Phi) is 4.59. The average molecular weight is 388 g/mol. The van der Waals surface area contributed by atoms with Crippen molar-refractivity contribution in [2.24, 2.45) is 0 Å². The lowest BCUT2D eigenvalue weighted by Gasteiger charge is -2.29. The summed E-state index contributed by atoms with van der Waals surface area (Å²) in [6.07, 6.45) is -0.370. The van der Waals surface area contributed by atoms with Gasteiger partial charge in [0.15, 0.2) is 0 Å². The Morgan fingerprint density at radius 1 is 1.00 bits per heavy atom. The summed E-state index contributed by atoms with van der Waals surface area (Å²) in [4.78, 5) is 2.34. The van der Waals surface area contributed by atoms with Gasteiger partial charge in [0, 0.05) is 59.0 Å². The summed E-state index contributed by atoms with van der Waals surface area (Å²) >= 11 is 3.57. The van der Waals surface area contributed by atoms with Gasteiger partial charge in [-0.25, -0.2) is 0 Å². The molecule has 1 aliphatic rings. The standard InChI is InChI=1S/C19H22BrN3O/c20-14-5-6-19-17(11-14)16-3-1-2-4-18(16)23(19)13-15(24)12-22-9-7-21-8-10-22/h1-6,11,15,21,24H,7-10,12-13H2. The van der Waals surface area contributed by atoms with Crippen LogP contribution in [0.5, 0.6) is 0 Å². The van der Waals surface area contributed by atoms with E-state index in [1.807, 2.05) is 0 Å². The van der Waals surface area contributed by atoms with Crippen molar-refractivity contribution in [3.05, 3.63) is 46.9 Å². The number of benzene rings is 2. The predicted molar refractivity (Wildman–Crippen MR) is 102 cm³/mol. The van der Waals surface area contributed by atoms with Crippen LogP contribution in [0.1, 0.15) is 0 Å². The molecule has 0 radical (unpaired) electrons. The molecular formula is C19H22BrN3O. The maximum absolute atomic E-state index is 10.7. The highest BCUT2D eigenvalue weighted by Gasteiger charge is 2.17. The summed E-state index contributed by atoms with van der Waals surface area (Å²) in [6.45, 7) is 5.39. The molecule has 4 nitrogen and oxygen atoms in total. The lowest BCUT2D eigenvalue weighted by Crippen LogP contribution is -2.46. The van der Waals surface area contributed by atoms with Crippen LogP contribution < -0.4 is 5.32 Å². The maximum atomic E-state index is 10.7. The third kappa shape index (κ3) is 3.09. The van der Waals surface area contributed by atoms with Crippen molar-refractivity contribution in [2.45, 2.75) is 12.6 Å². The second-order valence-corrected chi connectivity index (χ2v) is 7.41. The van der Waals surface area contributed by atoms with E-state index in [-0.39, 0.29) is 6.10 Å². The third-order valence-electron chi connectivity index (χ3n) is 4.81. The number of fused-ring (bicyclic) bond motifs is 3. The van der Waals surface area contributed by atoms with Crippen molar-refractivity contribution in [3.63, 3.8) is 0 Å². The van der Waals surface area contributed by atoms with Gasteiger partial charge in [0.25, 0.3) is 0 Å². The lowest BCUT2D eigenvalue weighted by atomic mass is 10.2. The summed E-state index contributed by atoms with van der Waals surface area (Å²) in [5.74, 6) is 0. The van der Waals surface area contributed by atoms with Crippen molar-refractivity contribution in [1.82, 2.24) is 14.8 Å². The lowest BCUT2D eigenvalue weighted by molar-refractivity contribution is 0.0936. The highest BCUT2D eigenvalue weighted by Crippen LogP contribution is 2.31. The second kappa shape index (κ2) is 6.84. The number of nitrogens with one attached hydrogen (secondary N) is 1. The van der Waals surface area contributed by atoms with E-state index in [1.165, 1.54) is 21.8 Å². The first-order valence-corrected chi connectivity index (χ1v) is 9.29. The van der Waals surface area contributed by atoms with E-state index in [4.69, 9.17) is 0 Å². The molecule has 5 heteroatoms. The molecule has 1 unspecified atom stereocenters. The number of β-amino-alcohol motifs (C(OH)–C–C–N with tert-alkyl or cyclic N) is 1. The van der Waals surface area contributed by atoms with Gasteiger partial charge in [-0.15, -0.1) is 0 Å². The molecule has 1 fully saturated rings. The zero-order chi connectivity index (χ0) is 16.5. The Bertz CT molecular complexity index is 854. The van der Waals surface area contributed by atoms with Crippen LogP contribution in [-0.2, 0) is 6.54 Å². The Hall–Kier alpha value is -1.40. The first-order valence-electron chi connectivity index (χ1n) is 8.50. The number of rotatable bonds is 4. The van der Waals surface area contributed by atoms with Crippen molar-refractivity contribution in [1.29, 1.82) is 0 Å². The molecule has 1 aromatic heterocycles. The first-order chi connectivity index (χ1) is 11.7. The summed E-state index contributed by atoms with van der Waals surface area (Å²) in [6, 6.07) is 14.8. The van der Waals surface area contributed by atoms with E-state index in [9.17, 15) is 5.11 Å². The molecule has 126 valence electrons. The Balaban J connectivity index is 1.67. The number of aliphatic hydroxyl groups excluding tert-OH is 1. The van der Waals surface area contributed by atoms with E-state index in [1.54, 1.807) is 0 Å². The molecule has 4 rings (SSSR count). The van der Waals surface area contributed by atoms with Crippen molar-refractivity contribution >= 4 is 37.7 Å². The molecule has 1 atom stereocenters. The van der Waals surface area contributed by atoms with E-state index in [0.29, 0.717) is 6.54 Å². The van der Waals surface area contributed by atoms with Gasteiger partial charge in [0.2, 0.25) is 0 Å². The Morgan fingerprint density at radius 3 is 2.58 bits per heavy atom. The van der Waals surface area contributed by atoms with Crippen molar-refractivity contribution < 1.29 is 5.11 Å². The molecular weight excluding hydrogens is 366 g/mol. The van der Waals surface area contributed by atoms with E-state index in [2.05, 4.69) is 73.2 Å². The highest BCUT2D eigenvalue weighted by molar-refractivity contribution is 9.10. The van der Waals surface area contributed by atoms with Gasteiger partial charge in [-0.2, -0.15) is 0 Å². The minimum Gasteiger partial charge on any atom is -0.390 e. The number of hydrogen-bond donors (Lipinski definition) is 2. The molecule has 0 bridgehead atoms. The van der Waals surface area contributed by atoms with Crippen LogP contribution in [0.4, 0.5) is 0 Å². The van der Waals surface area contributed by atoms with Crippen molar-refractivity contribution in [3.8, 4) is 0 Å². The quantitative estimate of drug-likeness (QED) is 0.722. The number of aliphatic hydroxyl groups is 1. The second-order valence-electron chi connectivity index (χ2n) is 6.49. The number of hydrogen-bond acceptors (Lipinski definition) is 3. The number of para-hydroxylation sites is 1. The number of nitrogens with zero attached hydrogens (tertiary/aromatic N) is 2. The number of piperazine rings is 1. The largest absolute Gasteiger partial charge is 0.390 e. The summed E-state index contributed by atoms with van der Waals surface area (Å²) in [7, 11) is 0. The number of aromatic nitrogens is 1. The highest BCUT2D eigenvalue weighted by atomic mass is 79.9. The zero-order valence-corrected chi connectivity index (χ0v) is 15.2. The van der Waals surface area contributed by atoms with Crippen LogP contribution in [0.3, 0.4) is 0 Å². The minimum atomic E-state index is -0.370. The molecule has 2 heterocycles. The van der Waals surface area contributed by atoms with Gasteiger partial charge in [0.1, 0.15) is 0 Å². The van der Waals surface area contributed by atoms with Crippen LogP contribution in [-0.4, -0.2) is 53.4 Å². The predicted octanol–water partition coefficient (Wildman–Crippen LogP) is 2.82. The number of halogens is 1. The van der Waals surface area contributed by atoms with Crippen molar-refractivity contribution in [2.75, 3.05) is 32.7 Å². The minimum absolute atomic E-state index is 0.370. The van der Waals surface area contributed by atoms with E-state index >= 15 is 0 Å². The van der Waals surface area contributed by atoms with Crippen LogP contribution >= 0.6 is 15.9 Å². The molecule has 0 amide bonds. The van der Waals surface area contributed by atoms with E-state index < -0.39 is 0 Å². The summed E-state index contributed by atoms with van der Waals surface area (Å²) < 4.78 is 3.34.